The van der Waals surface area contributed by atoms with Crippen molar-refractivity contribution >= 4 is 27.4 Å². The number of benzene rings is 1. The quantitative estimate of drug-likeness (QED) is 0.378. The number of nitrogens with two attached hydrogens (primary N) is 1. The number of amidine groups is 1. The topological polar surface area (TPSA) is 104 Å². The summed E-state index contributed by atoms with van der Waals surface area (Å²) in [7, 11) is -3.36. The summed E-state index contributed by atoms with van der Waals surface area (Å²) in [6, 6.07) is 6.14. The summed E-state index contributed by atoms with van der Waals surface area (Å²) >= 11 is 1.51. The Kier molecular flexibility index (Phi) is 6.51. The van der Waals surface area contributed by atoms with Gasteiger partial charge in [-0.3, -0.25) is 5.41 Å². The van der Waals surface area contributed by atoms with Gasteiger partial charge in [-0.2, -0.15) is 11.8 Å². The average molecular weight is 316 g/mol. The zero-order valence-electron chi connectivity index (χ0n) is 11.4. The summed E-state index contributed by atoms with van der Waals surface area (Å²) in [5.74, 6) is 1.28. The van der Waals surface area contributed by atoms with Crippen LogP contribution in [-0.2, 0) is 9.84 Å². The van der Waals surface area contributed by atoms with Gasteiger partial charge in [0.05, 0.1) is 10.6 Å². The number of nitrogen functional groups attached to an aromatic ring is 1. The number of rotatable bonds is 8. The molecule has 0 amide bonds. The number of hydrogen-bond donors (Lipinski definition) is 3. The van der Waals surface area contributed by atoms with Crippen LogP contribution in [0.2, 0.25) is 0 Å². The minimum absolute atomic E-state index is 0.0389. The molecule has 1 aromatic carbocycles. The van der Waals surface area contributed by atoms with Crippen molar-refractivity contribution in [2.75, 3.05) is 23.9 Å². The molecule has 0 spiro atoms. The van der Waals surface area contributed by atoms with Gasteiger partial charge in [-0.25, -0.2) is 8.42 Å². The van der Waals surface area contributed by atoms with E-state index in [0.29, 0.717) is 11.3 Å². The Labute approximate surface area is 124 Å². The first kappa shape index (κ1) is 17.0. The van der Waals surface area contributed by atoms with E-state index in [0.717, 1.165) is 5.75 Å². The smallest absolute Gasteiger partial charge is 0.179 e. The van der Waals surface area contributed by atoms with Gasteiger partial charge in [-0.05, 0) is 23.8 Å². The number of nitrogens with one attached hydrogen (secondary N) is 1. The second-order valence-electron chi connectivity index (χ2n) is 4.62. The summed E-state index contributed by atoms with van der Waals surface area (Å²) in [5.41, 5.74) is 5.77. The van der Waals surface area contributed by atoms with Crippen LogP contribution in [-0.4, -0.2) is 43.2 Å². The number of hydrogen-bond acceptors (Lipinski definition) is 5. The largest absolute Gasteiger partial charge is 0.396 e. The van der Waals surface area contributed by atoms with Crippen molar-refractivity contribution in [1.82, 2.24) is 0 Å². The zero-order valence-corrected chi connectivity index (χ0v) is 13.0. The Morgan fingerprint density at radius 1 is 1.50 bits per heavy atom. The molecule has 1 rings (SSSR count). The lowest BCUT2D eigenvalue weighted by atomic mass is 10.2. The van der Waals surface area contributed by atoms with E-state index in [-0.39, 0.29) is 29.0 Å². The molecule has 0 heterocycles. The minimum Gasteiger partial charge on any atom is -0.396 e. The Morgan fingerprint density at radius 2 is 2.20 bits per heavy atom. The maximum absolute atomic E-state index is 12.1. The maximum atomic E-state index is 12.1. The molecule has 112 valence electrons. The Hall–Kier alpha value is -1.05. The molecule has 0 aliphatic carbocycles. The number of thioether (sulfide) groups is 1. The van der Waals surface area contributed by atoms with Gasteiger partial charge in [-0.1, -0.05) is 19.1 Å². The van der Waals surface area contributed by atoms with E-state index < -0.39 is 9.84 Å². The highest BCUT2D eigenvalue weighted by atomic mass is 32.2. The van der Waals surface area contributed by atoms with E-state index in [1.165, 1.54) is 23.9 Å². The molecule has 0 fully saturated rings. The van der Waals surface area contributed by atoms with Gasteiger partial charge in [0, 0.05) is 17.9 Å². The summed E-state index contributed by atoms with van der Waals surface area (Å²) in [5, 5.41) is 16.2. The van der Waals surface area contributed by atoms with Crippen LogP contribution in [0.5, 0.6) is 0 Å². The third kappa shape index (κ3) is 5.15. The minimum atomic E-state index is -3.36. The predicted octanol–water partition coefficient (Wildman–Crippen LogP) is 1.11. The summed E-state index contributed by atoms with van der Waals surface area (Å²) in [6.45, 7) is 2.03. The molecule has 1 unspecified atom stereocenters. The molecule has 1 atom stereocenters. The van der Waals surface area contributed by atoms with E-state index in [1.54, 1.807) is 12.1 Å². The fourth-order valence-electron chi connectivity index (χ4n) is 1.48. The van der Waals surface area contributed by atoms with Gasteiger partial charge in [-0.15, -0.1) is 0 Å². The average Bonchev–Trinajstić information content (AvgIpc) is 2.43. The standard InChI is InChI=1S/C13H20N2O3S2/c1-10(8-16)9-19-5-6-20(17,18)12-4-2-3-11(7-12)13(14)15/h2-4,7,10,16H,5-6,8-9H2,1H3,(H3,14,15). The zero-order chi connectivity index (χ0) is 15.2. The molecule has 0 aromatic heterocycles. The van der Waals surface area contributed by atoms with E-state index in [4.69, 9.17) is 16.2 Å². The molecular formula is C13H20N2O3S2. The summed E-state index contributed by atoms with van der Waals surface area (Å²) in [6.07, 6.45) is 0. The van der Waals surface area contributed by atoms with Crippen molar-refractivity contribution in [2.45, 2.75) is 11.8 Å². The van der Waals surface area contributed by atoms with E-state index in [9.17, 15) is 8.42 Å². The highest BCUT2D eigenvalue weighted by Gasteiger charge is 2.15. The van der Waals surface area contributed by atoms with E-state index >= 15 is 0 Å². The van der Waals surface area contributed by atoms with Crippen molar-refractivity contribution in [3.05, 3.63) is 29.8 Å². The third-order valence-electron chi connectivity index (χ3n) is 2.71. The van der Waals surface area contributed by atoms with Gasteiger partial charge < -0.3 is 10.8 Å². The van der Waals surface area contributed by atoms with Crippen LogP contribution in [0.3, 0.4) is 0 Å². The highest BCUT2D eigenvalue weighted by molar-refractivity contribution is 8.00. The number of aliphatic hydroxyl groups excluding tert-OH is 1. The van der Waals surface area contributed by atoms with Crippen molar-refractivity contribution in [3.63, 3.8) is 0 Å². The molecule has 4 N–H and O–H groups in total. The van der Waals surface area contributed by atoms with Crippen LogP contribution >= 0.6 is 11.8 Å². The summed E-state index contributed by atoms with van der Waals surface area (Å²) in [4.78, 5) is 0.195. The van der Waals surface area contributed by atoms with Crippen LogP contribution in [0.1, 0.15) is 12.5 Å². The second-order valence-corrected chi connectivity index (χ2v) is 7.88. The molecule has 7 heteroatoms. The predicted molar refractivity (Wildman–Crippen MR) is 83.1 cm³/mol. The molecule has 0 saturated carbocycles. The van der Waals surface area contributed by atoms with Gasteiger partial charge in [0.1, 0.15) is 5.84 Å². The van der Waals surface area contributed by atoms with Crippen LogP contribution < -0.4 is 5.73 Å². The lowest BCUT2D eigenvalue weighted by Gasteiger charge is -2.08. The van der Waals surface area contributed by atoms with Gasteiger partial charge >= 0.3 is 0 Å². The van der Waals surface area contributed by atoms with Crippen LogP contribution in [0, 0.1) is 11.3 Å². The molecule has 0 bridgehead atoms. The molecule has 0 aliphatic rings. The molecule has 5 nitrogen and oxygen atoms in total. The molecule has 1 aromatic rings. The second kappa shape index (κ2) is 7.66. The first-order valence-corrected chi connectivity index (χ1v) is 9.03. The molecule has 0 aliphatic heterocycles. The number of aliphatic hydroxyl groups is 1. The molecule has 0 radical (unpaired) electrons. The SMILES string of the molecule is CC(CO)CSCCS(=O)(=O)c1cccc(C(=N)N)c1. The van der Waals surface area contributed by atoms with E-state index in [2.05, 4.69) is 0 Å². The molecule has 20 heavy (non-hydrogen) atoms. The fraction of sp³-hybridized carbons (Fsp3) is 0.462. The Bertz CT molecular complexity index is 558. The van der Waals surface area contributed by atoms with Crippen LogP contribution in [0.15, 0.2) is 29.2 Å². The fourth-order valence-corrected chi connectivity index (χ4v) is 4.33. The van der Waals surface area contributed by atoms with Gasteiger partial charge in [0.2, 0.25) is 0 Å². The van der Waals surface area contributed by atoms with Crippen molar-refractivity contribution < 1.29 is 13.5 Å². The van der Waals surface area contributed by atoms with Crippen molar-refractivity contribution in [1.29, 1.82) is 5.41 Å². The summed E-state index contributed by atoms with van der Waals surface area (Å²) < 4.78 is 24.3. The van der Waals surface area contributed by atoms with Crippen molar-refractivity contribution in [2.24, 2.45) is 11.7 Å². The maximum Gasteiger partial charge on any atom is 0.179 e. The monoisotopic (exact) mass is 316 g/mol. The first-order valence-electron chi connectivity index (χ1n) is 6.22. The first-order chi connectivity index (χ1) is 9.36. The third-order valence-corrected chi connectivity index (χ3v) is 5.98. The van der Waals surface area contributed by atoms with Crippen molar-refractivity contribution in [3.8, 4) is 0 Å². The normalized spacial score (nSPS) is 13.1. The highest BCUT2D eigenvalue weighted by Crippen LogP contribution is 2.16. The number of sulfone groups is 1. The van der Waals surface area contributed by atoms with Gasteiger partial charge in [0.25, 0.3) is 0 Å². The lowest BCUT2D eigenvalue weighted by Crippen LogP contribution is -2.14. The Morgan fingerprint density at radius 3 is 2.80 bits per heavy atom. The lowest BCUT2D eigenvalue weighted by molar-refractivity contribution is 0.250. The van der Waals surface area contributed by atoms with Gasteiger partial charge in [0.15, 0.2) is 9.84 Å². The van der Waals surface area contributed by atoms with E-state index in [1.807, 2.05) is 6.92 Å². The molecular weight excluding hydrogens is 296 g/mol. The van der Waals surface area contributed by atoms with Crippen LogP contribution in [0.25, 0.3) is 0 Å². The molecule has 0 saturated heterocycles. The van der Waals surface area contributed by atoms with Crippen LogP contribution in [0.4, 0.5) is 0 Å². The Balaban J connectivity index is 2.65.